The van der Waals surface area contributed by atoms with Gasteiger partial charge in [-0.05, 0) is 25.0 Å². The van der Waals surface area contributed by atoms with Crippen molar-refractivity contribution in [3.05, 3.63) is 52.2 Å². The third-order valence-electron chi connectivity index (χ3n) is 4.52. The van der Waals surface area contributed by atoms with Crippen LogP contribution in [-0.2, 0) is 16.1 Å². The van der Waals surface area contributed by atoms with Gasteiger partial charge in [-0.15, -0.1) is 11.3 Å². The fourth-order valence-electron chi connectivity index (χ4n) is 3.51. The molecule has 1 heterocycles. The molecule has 118 valence electrons. The van der Waals surface area contributed by atoms with Crippen LogP contribution in [-0.4, -0.2) is 9.54 Å². The highest BCUT2D eigenvalue weighted by molar-refractivity contribution is 7.90. The van der Waals surface area contributed by atoms with Gasteiger partial charge in [0.25, 0.3) is 0 Å². The minimum atomic E-state index is -1.62. The maximum atomic E-state index is 13.3. The molecule has 2 N–H and O–H groups in total. The second-order valence-electron chi connectivity index (χ2n) is 5.71. The van der Waals surface area contributed by atoms with E-state index in [1.165, 1.54) is 29.9 Å². The van der Waals surface area contributed by atoms with E-state index in [2.05, 4.69) is 4.98 Å². The van der Waals surface area contributed by atoms with Crippen molar-refractivity contribution in [3.63, 3.8) is 0 Å². The van der Waals surface area contributed by atoms with Crippen LogP contribution in [0.25, 0.3) is 0 Å². The molecule has 1 aliphatic carbocycles. The van der Waals surface area contributed by atoms with Gasteiger partial charge >= 0.3 is 0 Å². The molecule has 1 aliphatic rings. The molecule has 22 heavy (non-hydrogen) atoms. The summed E-state index contributed by atoms with van der Waals surface area (Å²) in [7, 11) is 0. The average molecular weight is 338 g/mol. The highest BCUT2D eigenvalue weighted by Crippen LogP contribution is 2.49. The summed E-state index contributed by atoms with van der Waals surface area (Å²) in [6, 6.07) is 6.23. The van der Waals surface area contributed by atoms with Crippen molar-refractivity contribution in [1.82, 2.24) is 4.98 Å². The van der Waals surface area contributed by atoms with Crippen molar-refractivity contribution in [2.75, 3.05) is 0 Å². The van der Waals surface area contributed by atoms with Crippen molar-refractivity contribution in [2.24, 2.45) is 11.1 Å². The maximum absolute atomic E-state index is 13.3. The Kier molecular flexibility index (Phi) is 4.82. The van der Waals surface area contributed by atoms with Gasteiger partial charge in [0, 0.05) is 23.1 Å². The Morgan fingerprint density at radius 2 is 1.91 bits per heavy atom. The van der Waals surface area contributed by atoms with Crippen LogP contribution in [0.4, 0.5) is 4.39 Å². The smallest absolute Gasteiger partial charge is 0.223 e. The van der Waals surface area contributed by atoms with Crippen molar-refractivity contribution >= 4 is 22.7 Å². The Hall–Kier alpha value is -0.950. The molecule has 2 atom stereocenters. The molecule has 3 nitrogen and oxygen atoms in total. The summed E-state index contributed by atoms with van der Waals surface area (Å²) < 4.78 is 25.2. The molecule has 0 saturated heterocycles. The lowest BCUT2D eigenvalue weighted by molar-refractivity contribution is 0.295. The number of hydrogen-bond donors (Lipinski definition) is 1. The van der Waals surface area contributed by atoms with E-state index in [9.17, 15) is 8.94 Å². The van der Waals surface area contributed by atoms with E-state index in [-0.39, 0.29) is 11.7 Å². The van der Waals surface area contributed by atoms with E-state index >= 15 is 0 Å². The molecule has 3 rings (SSSR count). The second kappa shape index (κ2) is 6.66. The number of halogens is 1. The van der Waals surface area contributed by atoms with E-state index in [4.69, 9.17) is 5.14 Å². The van der Waals surface area contributed by atoms with Gasteiger partial charge in [0.1, 0.15) is 5.82 Å². The molecule has 6 heteroatoms. The number of aromatic nitrogens is 1. The number of thiazole rings is 1. The van der Waals surface area contributed by atoms with Gasteiger partial charge in [-0.1, -0.05) is 31.4 Å². The van der Waals surface area contributed by atoms with Crippen LogP contribution in [0.3, 0.4) is 0 Å². The summed E-state index contributed by atoms with van der Waals surface area (Å²) in [6.45, 7) is 0. The standard InChI is InChI=1S/C16H19FN2OS2/c17-14-8-6-13(7-9-14)16(22(18)20,15-19-10-11-21-15)12-4-2-1-3-5-12/h6-12H,1-5,18H2. The predicted molar refractivity (Wildman–Crippen MR) is 88.2 cm³/mol. The first-order chi connectivity index (χ1) is 10.7. The Balaban J connectivity index is 2.16. The Morgan fingerprint density at radius 3 is 2.45 bits per heavy atom. The number of hydrogen-bond acceptors (Lipinski definition) is 4. The molecule has 1 aromatic heterocycles. The fraction of sp³-hybridized carbons (Fsp3) is 0.438. The van der Waals surface area contributed by atoms with Crippen molar-refractivity contribution < 1.29 is 8.94 Å². The largest absolute Gasteiger partial charge is 0.597 e. The zero-order valence-electron chi connectivity index (χ0n) is 12.2. The van der Waals surface area contributed by atoms with Crippen LogP contribution in [0, 0.1) is 11.7 Å². The topological polar surface area (TPSA) is 62.0 Å². The van der Waals surface area contributed by atoms with Crippen LogP contribution >= 0.6 is 11.3 Å². The minimum Gasteiger partial charge on any atom is -0.597 e. The molecular formula is C16H19FN2OS2. The normalized spacial score (nSPS) is 20.5. The predicted octanol–water partition coefficient (Wildman–Crippen LogP) is 3.73. The molecule has 1 saturated carbocycles. The third-order valence-corrected chi connectivity index (χ3v) is 6.96. The lowest BCUT2D eigenvalue weighted by Gasteiger charge is -2.39. The Morgan fingerprint density at radius 1 is 1.23 bits per heavy atom. The summed E-state index contributed by atoms with van der Waals surface area (Å²) in [5.41, 5.74) is 0.802. The summed E-state index contributed by atoms with van der Waals surface area (Å²) in [5, 5.41) is 8.66. The van der Waals surface area contributed by atoms with E-state index in [1.807, 2.05) is 5.38 Å². The number of benzene rings is 1. The molecule has 1 fully saturated rings. The van der Waals surface area contributed by atoms with Crippen molar-refractivity contribution in [1.29, 1.82) is 0 Å². The average Bonchev–Trinajstić information content (AvgIpc) is 3.05. The first-order valence-corrected chi connectivity index (χ1v) is 9.57. The van der Waals surface area contributed by atoms with Crippen molar-refractivity contribution in [2.45, 2.75) is 36.9 Å². The van der Waals surface area contributed by atoms with Crippen LogP contribution in [0.1, 0.15) is 42.7 Å². The van der Waals surface area contributed by atoms with Crippen LogP contribution < -0.4 is 5.14 Å². The van der Waals surface area contributed by atoms with Crippen molar-refractivity contribution in [3.8, 4) is 0 Å². The molecule has 2 aromatic rings. The van der Waals surface area contributed by atoms with Gasteiger partial charge < -0.3 is 4.55 Å². The quantitative estimate of drug-likeness (QED) is 0.864. The second-order valence-corrected chi connectivity index (χ2v) is 7.85. The summed E-state index contributed by atoms with van der Waals surface area (Å²) >= 11 is -0.148. The molecular weight excluding hydrogens is 319 g/mol. The van der Waals surface area contributed by atoms with E-state index < -0.39 is 16.1 Å². The van der Waals surface area contributed by atoms with Gasteiger partial charge in [-0.3, -0.25) is 0 Å². The lowest BCUT2D eigenvalue weighted by atomic mass is 9.76. The molecule has 0 spiro atoms. The van der Waals surface area contributed by atoms with Crippen LogP contribution in [0.2, 0.25) is 0 Å². The SMILES string of the molecule is N[S+]([O-])C(c1ccc(F)cc1)(c1nccs1)C1CCCCC1. The molecule has 0 aliphatic heterocycles. The molecule has 0 radical (unpaired) electrons. The first-order valence-electron chi connectivity index (χ1n) is 7.48. The lowest BCUT2D eigenvalue weighted by Crippen LogP contribution is -2.48. The van der Waals surface area contributed by atoms with Gasteiger partial charge in [0.05, 0.1) is 11.4 Å². The fourth-order valence-corrected chi connectivity index (χ4v) is 5.89. The third kappa shape index (κ3) is 2.69. The maximum Gasteiger partial charge on any atom is 0.223 e. The van der Waals surface area contributed by atoms with Crippen LogP contribution in [0.15, 0.2) is 35.8 Å². The van der Waals surface area contributed by atoms with E-state index in [0.717, 1.165) is 36.3 Å². The van der Waals surface area contributed by atoms with Gasteiger partial charge in [-0.2, -0.15) is 5.14 Å². The molecule has 0 bridgehead atoms. The summed E-state index contributed by atoms with van der Waals surface area (Å²) in [6.07, 6.45) is 7.07. The van der Waals surface area contributed by atoms with E-state index in [0.29, 0.717) is 0 Å². The minimum absolute atomic E-state index is 0.170. The first kappa shape index (κ1) is 15.9. The zero-order valence-corrected chi connectivity index (χ0v) is 13.8. The van der Waals surface area contributed by atoms with Gasteiger partial charge in [0.15, 0.2) is 5.01 Å². The molecule has 2 unspecified atom stereocenters. The number of nitrogens with two attached hydrogens (primary N) is 1. The van der Waals surface area contributed by atoms with Crippen LogP contribution in [0.5, 0.6) is 0 Å². The molecule has 0 amide bonds. The Labute approximate surface area is 137 Å². The highest BCUT2D eigenvalue weighted by atomic mass is 32.2. The number of rotatable bonds is 4. The monoisotopic (exact) mass is 338 g/mol. The highest BCUT2D eigenvalue weighted by Gasteiger charge is 2.54. The molecule has 1 aromatic carbocycles. The zero-order chi connectivity index (χ0) is 15.6. The summed E-state index contributed by atoms with van der Waals surface area (Å²) in [5.74, 6) is -0.132. The van der Waals surface area contributed by atoms with Gasteiger partial charge in [-0.25, -0.2) is 9.37 Å². The number of nitrogens with zero attached hydrogens (tertiary/aromatic N) is 1. The summed E-state index contributed by atoms with van der Waals surface area (Å²) in [4.78, 5) is 4.44. The van der Waals surface area contributed by atoms with E-state index in [1.54, 1.807) is 18.3 Å². The Bertz CT molecular complexity index is 597. The van der Waals surface area contributed by atoms with Gasteiger partial charge in [0.2, 0.25) is 4.75 Å².